The van der Waals surface area contributed by atoms with Crippen LogP contribution in [0.25, 0.3) is 6.08 Å². The molecule has 1 aromatic carbocycles. The molecule has 116 valence electrons. The van der Waals surface area contributed by atoms with Crippen LogP contribution < -0.4 is 4.74 Å². The van der Waals surface area contributed by atoms with Crippen LogP contribution in [-0.2, 0) is 4.79 Å². The molecule has 1 fully saturated rings. The molecular weight excluding hydrogens is 296 g/mol. The fourth-order valence-corrected chi connectivity index (χ4v) is 3.44. The highest BCUT2D eigenvalue weighted by molar-refractivity contribution is 8.18. The lowest BCUT2D eigenvalue weighted by Gasteiger charge is -2.14. The van der Waals surface area contributed by atoms with Gasteiger partial charge in [0.2, 0.25) is 0 Å². The summed E-state index contributed by atoms with van der Waals surface area (Å²) in [6, 6.07) is 7.82. The number of amidine groups is 1. The zero-order chi connectivity index (χ0) is 15.4. The van der Waals surface area contributed by atoms with Crippen LogP contribution in [-0.4, -0.2) is 35.7 Å². The third-order valence-corrected chi connectivity index (χ3v) is 4.68. The summed E-state index contributed by atoms with van der Waals surface area (Å²) in [5.41, 5.74) is 0.998. The molecule has 0 bridgehead atoms. The number of ether oxygens (including phenoxy) is 1. The molecule has 2 aliphatic rings. The highest BCUT2D eigenvalue weighted by atomic mass is 32.2. The third kappa shape index (κ3) is 3.53. The van der Waals surface area contributed by atoms with E-state index in [1.807, 2.05) is 30.3 Å². The predicted molar refractivity (Wildman–Crippen MR) is 91.0 cm³/mol. The highest BCUT2D eigenvalue weighted by Crippen LogP contribution is 2.31. The number of amides is 1. The molecule has 0 aliphatic carbocycles. The van der Waals surface area contributed by atoms with Crippen molar-refractivity contribution >= 4 is 28.9 Å². The van der Waals surface area contributed by atoms with Gasteiger partial charge in [-0.3, -0.25) is 4.79 Å². The van der Waals surface area contributed by atoms with Gasteiger partial charge in [-0.25, -0.2) is 0 Å². The molecule has 2 heterocycles. The Morgan fingerprint density at radius 2 is 2.00 bits per heavy atom. The second-order valence-electron chi connectivity index (χ2n) is 5.42. The van der Waals surface area contributed by atoms with Gasteiger partial charge in [-0.05, 0) is 54.8 Å². The molecule has 0 atom stereocenters. The van der Waals surface area contributed by atoms with E-state index in [4.69, 9.17) is 4.74 Å². The van der Waals surface area contributed by atoms with E-state index >= 15 is 0 Å². The molecule has 1 saturated heterocycles. The van der Waals surface area contributed by atoms with E-state index in [1.54, 1.807) is 0 Å². The van der Waals surface area contributed by atoms with Crippen LogP contribution >= 0.6 is 11.8 Å². The molecule has 5 heteroatoms. The zero-order valence-corrected chi connectivity index (χ0v) is 13.6. The smallest absolute Gasteiger partial charge is 0.286 e. The number of likely N-dealkylation sites (tertiary alicyclic amines) is 1. The maximum atomic E-state index is 12.0. The highest BCUT2D eigenvalue weighted by Gasteiger charge is 2.27. The van der Waals surface area contributed by atoms with Gasteiger partial charge in [-0.2, -0.15) is 4.99 Å². The molecule has 2 aliphatic heterocycles. The lowest BCUT2D eigenvalue weighted by Crippen LogP contribution is -2.23. The van der Waals surface area contributed by atoms with Gasteiger partial charge in [0.05, 0.1) is 11.5 Å². The molecule has 4 nitrogen and oxygen atoms in total. The molecule has 1 amide bonds. The Labute approximate surface area is 135 Å². The largest absolute Gasteiger partial charge is 0.494 e. The normalized spacial score (nSPS) is 19.9. The second kappa shape index (κ2) is 7.01. The quantitative estimate of drug-likeness (QED) is 0.797. The number of thioether (sulfide) groups is 1. The minimum atomic E-state index is -0.127. The number of carbonyl (C=O) groups excluding carboxylic acids is 1. The van der Waals surface area contributed by atoms with Crippen LogP contribution in [0, 0.1) is 0 Å². The number of benzene rings is 1. The van der Waals surface area contributed by atoms with E-state index in [-0.39, 0.29) is 5.91 Å². The van der Waals surface area contributed by atoms with Crippen molar-refractivity contribution in [3.8, 4) is 5.75 Å². The number of aliphatic imine (C=N–C) groups is 1. The Morgan fingerprint density at radius 3 is 2.68 bits per heavy atom. The maximum absolute atomic E-state index is 12.0. The first-order valence-corrected chi connectivity index (χ1v) is 8.58. The first kappa shape index (κ1) is 15.2. The summed E-state index contributed by atoms with van der Waals surface area (Å²) >= 11 is 1.49. The summed E-state index contributed by atoms with van der Waals surface area (Å²) in [5.74, 6) is 0.738. The summed E-state index contributed by atoms with van der Waals surface area (Å²) in [4.78, 5) is 19.1. The van der Waals surface area contributed by atoms with Crippen molar-refractivity contribution in [3.63, 3.8) is 0 Å². The van der Waals surface area contributed by atoms with Crippen molar-refractivity contribution < 1.29 is 9.53 Å². The minimum Gasteiger partial charge on any atom is -0.494 e. The van der Waals surface area contributed by atoms with Gasteiger partial charge < -0.3 is 9.64 Å². The number of rotatable bonds is 4. The van der Waals surface area contributed by atoms with E-state index in [0.717, 1.165) is 42.6 Å². The van der Waals surface area contributed by atoms with Gasteiger partial charge in [0, 0.05) is 13.1 Å². The Morgan fingerprint density at radius 1 is 1.27 bits per heavy atom. The summed E-state index contributed by atoms with van der Waals surface area (Å²) < 4.78 is 5.56. The Bertz CT molecular complexity index is 602. The molecular formula is C17H20N2O2S. The predicted octanol–water partition coefficient (Wildman–Crippen LogP) is 3.54. The lowest BCUT2D eigenvalue weighted by molar-refractivity contribution is -0.113. The van der Waals surface area contributed by atoms with Crippen molar-refractivity contribution in [1.29, 1.82) is 0 Å². The SMILES string of the molecule is CCCOc1ccc(/C=C2\SC(N3CCCC3)=NC2=O)cc1. The van der Waals surface area contributed by atoms with Gasteiger partial charge in [-0.15, -0.1) is 0 Å². The standard InChI is InChI=1S/C17H20N2O2S/c1-2-11-21-14-7-5-13(6-8-14)12-15-16(20)18-17(22-15)19-9-3-4-10-19/h5-8,12H,2-4,9-11H2,1H3/b15-12-. The third-order valence-electron chi connectivity index (χ3n) is 3.64. The van der Waals surface area contributed by atoms with Crippen LogP contribution in [0.5, 0.6) is 5.75 Å². The molecule has 0 N–H and O–H groups in total. The molecule has 22 heavy (non-hydrogen) atoms. The van der Waals surface area contributed by atoms with Crippen LogP contribution in [0.4, 0.5) is 0 Å². The minimum absolute atomic E-state index is 0.127. The van der Waals surface area contributed by atoms with E-state index in [9.17, 15) is 4.79 Å². The van der Waals surface area contributed by atoms with Gasteiger partial charge in [0.15, 0.2) is 5.17 Å². The Hall–Kier alpha value is -1.75. The number of nitrogens with zero attached hydrogens (tertiary/aromatic N) is 2. The Kier molecular flexibility index (Phi) is 4.83. The summed E-state index contributed by atoms with van der Waals surface area (Å²) in [5, 5.41) is 0.858. The van der Waals surface area contributed by atoms with Crippen molar-refractivity contribution in [2.75, 3.05) is 19.7 Å². The maximum Gasteiger partial charge on any atom is 0.286 e. The summed E-state index contributed by atoms with van der Waals surface area (Å²) in [6.45, 7) is 4.83. The topological polar surface area (TPSA) is 41.9 Å². The fourth-order valence-electron chi connectivity index (χ4n) is 2.47. The van der Waals surface area contributed by atoms with Crippen molar-refractivity contribution in [1.82, 2.24) is 4.90 Å². The molecule has 0 radical (unpaired) electrons. The van der Waals surface area contributed by atoms with Gasteiger partial charge >= 0.3 is 0 Å². The van der Waals surface area contributed by atoms with E-state index in [1.165, 1.54) is 24.6 Å². The van der Waals surface area contributed by atoms with Crippen LogP contribution in [0.1, 0.15) is 31.7 Å². The van der Waals surface area contributed by atoms with Crippen molar-refractivity contribution in [2.45, 2.75) is 26.2 Å². The first-order valence-electron chi connectivity index (χ1n) is 7.76. The molecule has 0 spiro atoms. The average molecular weight is 316 g/mol. The van der Waals surface area contributed by atoms with Gasteiger partial charge in [0.25, 0.3) is 5.91 Å². The molecule has 1 aromatic rings. The molecule has 0 aromatic heterocycles. The first-order chi connectivity index (χ1) is 10.8. The zero-order valence-electron chi connectivity index (χ0n) is 12.7. The van der Waals surface area contributed by atoms with Crippen LogP contribution in [0.15, 0.2) is 34.2 Å². The van der Waals surface area contributed by atoms with E-state index in [0.29, 0.717) is 4.91 Å². The molecule has 0 saturated carbocycles. The van der Waals surface area contributed by atoms with Crippen molar-refractivity contribution in [2.24, 2.45) is 4.99 Å². The Balaban J connectivity index is 1.66. The van der Waals surface area contributed by atoms with Crippen LogP contribution in [0.2, 0.25) is 0 Å². The van der Waals surface area contributed by atoms with E-state index in [2.05, 4.69) is 16.8 Å². The van der Waals surface area contributed by atoms with Gasteiger partial charge in [-0.1, -0.05) is 19.1 Å². The lowest BCUT2D eigenvalue weighted by atomic mass is 10.2. The van der Waals surface area contributed by atoms with Crippen LogP contribution in [0.3, 0.4) is 0 Å². The van der Waals surface area contributed by atoms with Gasteiger partial charge in [0.1, 0.15) is 5.75 Å². The monoisotopic (exact) mass is 316 g/mol. The fraction of sp³-hybridized carbons (Fsp3) is 0.412. The second-order valence-corrected chi connectivity index (χ2v) is 6.43. The summed E-state index contributed by atoms with van der Waals surface area (Å²) in [6.07, 6.45) is 5.27. The van der Waals surface area contributed by atoms with E-state index < -0.39 is 0 Å². The van der Waals surface area contributed by atoms with Crippen molar-refractivity contribution in [3.05, 3.63) is 34.7 Å². The molecule has 3 rings (SSSR count). The molecule has 0 unspecified atom stereocenters. The summed E-state index contributed by atoms with van der Waals surface area (Å²) in [7, 11) is 0. The average Bonchev–Trinajstić information content (AvgIpc) is 3.17. The number of hydrogen-bond acceptors (Lipinski definition) is 4. The number of carbonyl (C=O) groups is 1. The number of hydrogen-bond donors (Lipinski definition) is 0.